The van der Waals surface area contributed by atoms with Crippen LogP contribution in [0.5, 0.6) is 0 Å². The molecule has 0 atom stereocenters. The zero-order chi connectivity index (χ0) is 17.5. The van der Waals surface area contributed by atoms with Crippen molar-refractivity contribution >= 4 is 23.4 Å². The number of hydrogen-bond acceptors (Lipinski definition) is 5. The fourth-order valence-corrected chi connectivity index (χ4v) is 2.98. The maximum absolute atomic E-state index is 12.1. The van der Waals surface area contributed by atoms with Gasteiger partial charge >= 0.3 is 0 Å². The summed E-state index contributed by atoms with van der Waals surface area (Å²) in [5.74, 6) is 0.175. The quantitative estimate of drug-likeness (QED) is 0.661. The Kier molecular flexibility index (Phi) is 5.79. The molecule has 0 fully saturated rings. The van der Waals surface area contributed by atoms with E-state index in [1.165, 1.54) is 17.3 Å². The highest BCUT2D eigenvalue weighted by molar-refractivity contribution is 7.99. The Labute approximate surface area is 150 Å². The lowest BCUT2D eigenvalue weighted by Gasteiger charge is -2.06. The van der Waals surface area contributed by atoms with Gasteiger partial charge in [0.15, 0.2) is 0 Å². The van der Waals surface area contributed by atoms with Gasteiger partial charge in [-0.25, -0.2) is 4.68 Å². The van der Waals surface area contributed by atoms with Crippen LogP contribution in [0, 0.1) is 0 Å². The number of hydrogen-bond donors (Lipinski definition) is 1. The van der Waals surface area contributed by atoms with Gasteiger partial charge in [-0.15, -0.1) is 5.10 Å². The Balaban J connectivity index is 1.54. The summed E-state index contributed by atoms with van der Waals surface area (Å²) < 4.78 is 1.70. The summed E-state index contributed by atoms with van der Waals surface area (Å²) in [6.45, 7) is 2.68. The number of thioether (sulfide) groups is 1. The summed E-state index contributed by atoms with van der Waals surface area (Å²) in [5, 5.41) is 15.2. The van der Waals surface area contributed by atoms with Crippen molar-refractivity contribution in [3.8, 4) is 0 Å². The van der Waals surface area contributed by atoms with E-state index in [0.29, 0.717) is 11.7 Å². The number of tetrazole rings is 1. The van der Waals surface area contributed by atoms with E-state index in [9.17, 15) is 4.79 Å². The smallest absolute Gasteiger partial charge is 0.234 e. The van der Waals surface area contributed by atoms with Crippen LogP contribution >= 0.6 is 11.8 Å². The average molecular weight is 353 g/mol. The summed E-state index contributed by atoms with van der Waals surface area (Å²) in [5.41, 5.74) is 3.15. The van der Waals surface area contributed by atoms with Crippen molar-refractivity contribution in [1.29, 1.82) is 0 Å². The summed E-state index contributed by atoms with van der Waals surface area (Å²) >= 11 is 1.32. The van der Waals surface area contributed by atoms with Gasteiger partial charge in [0, 0.05) is 5.69 Å². The Hall–Kier alpha value is -2.67. The van der Waals surface area contributed by atoms with Gasteiger partial charge < -0.3 is 5.32 Å². The van der Waals surface area contributed by atoms with Crippen molar-refractivity contribution in [2.24, 2.45) is 0 Å². The molecule has 0 aliphatic carbocycles. The molecular weight excluding hydrogens is 334 g/mol. The van der Waals surface area contributed by atoms with Gasteiger partial charge in [0.2, 0.25) is 11.1 Å². The first-order valence-corrected chi connectivity index (χ1v) is 9.05. The average Bonchev–Trinajstić information content (AvgIpc) is 3.08. The standard InChI is InChI=1S/C18H19N5OS/c1-2-14-8-10-16(11-9-14)19-17(24)13-25-18-20-21-22-23(18)12-15-6-4-3-5-7-15/h3-11H,2,12-13H2,1H3,(H,19,24). The monoisotopic (exact) mass is 353 g/mol. The molecule has 0 saturated carbocycles. The summed E-state index contributed by atoms with van der Waals surface area (Å²) in [4.78, 5) is 12.1. The van der Waals surface area contributed by atoms with Crippen molar-refractivity contribution in [3.05, 3.63) is 65.7 Å². The molecule has 1 aromatic heterocycles. The van der Waals surface area contributed by atoms with Crippen LogP contribution < -0.4 is 5.32 Å². The van der Waals surface area contributed by atoms with Gasteiger partial charge in [-0.05, 0) is 40.1 Å². The minimum atomic E-state index is -0.0801. The second-order valence-electron chi connectivity index (χ2n) is 5.49. The molecular formula is C18H19N5OS. The number of carbonyl (C=O) groups excluding carboxylic acids is 1. The predicted octanol–water partition coefficient (Wildman–Crippen LogP) is 3.01. The number of anilines is 1. The molecule has 0 aliphatic rings. The Morgan fingerprint density at radius 1 is 1.08 bits per heavy atom. The molecule has 0 aliphatic heterocycles. The zero-order valence-corrected chi connectivity index (χ0v) is 14.7. The van der Waals surface area contributed by atoms with Crippen LogP contribution in [0.25, 0.3) is 0 Å². The van der Waals surface area contributed by atoms with Gasteiger partial charge in [-0.2, -0.15) is 0 Å². The third-order valence-electron chi connectivity index (χ3n) is 3.65. The molecule has 0 unspecified atom stereocenters. The number of aryl methyl sites for hydroxylation is 1. The lowest BCUT2D eigenvalue weighted by molar-refractivity contribution is -0.113. The lowest BCUT2D eigenvalue weighted by atomic mass is 10.1. The molecule has 0 saturated heterocycles. The second-order valence-corrected chi connectivity index (χ2v) is 6.43. The highest BCUT2D eigenvalue weighted by Gasteiger charge is 2.10. The third kappa shape index (κ3) is 4.90. The largest absolute Gasteiger partial charge is 0.325 e. The van der Waals surface area contributed by atoms with E-state index in [4.69, 9.17) is 0 Å². The summed E-state index contributed by atoms with van der Waals surface area (Å²) in [6.07, 6.45) is 0.980. The van der Waals surface area contributed by atoms with Gasteiger partial charge in [0.05, 0.1) is 12.3 Å². The van der Waals surface area contributed by atoms with Crippen LogP contribution in [0.15, 0.2) is 59.8 Å². The topological polar surface area (TPSA) is 72.7 Å². The molecule has 0 radical (unpaired) electrons. The Morgan fingerprint density at radius 2 is 1.84 bits per heavy atom. The molecule has 25 heavy (non-hydrogen) atoms. The molecule has 6 nitrogen and oxygen atoms in total. The maximum Gasteiger partial charge on any atom is 0.234 e. The molecule has 7 heteroatoms. The molecule has 3 aromatic rings. The van der Waals surface area contributed by atoms with E-state index < -0.39 is 0 Å². The molecule has 128 valence electrons. The molecule has 0 spiro atoms. The molecule has 1 amide bonds. The minimum Gasteiger partial charge on any atom is -0.325 e. The highest BCUT2D eigenvalue weighted by Crippen LogP contribution is 2.16. The first kappa shape index (κ1) is 17.2. The Morgan fingerprint density at radius 3 is 2.56 bits per heavy atom. The molecule has 1 N–H and O–H groups in total. The van der Waals surface area contributed by atoms with Gasteiger partial charge in [-0.3, -0.25) is 4.79 Å². The van der Waals surface area contributed by atoms with E-state index in [1.54, 1.807) is 4.68 Å². The minimum absolute atomic E-state index is 0.0801. The molecule has 0 bridgehead atoms. The predicted molar refractivity (Wildman–Crippen MR) is 98.5 cm³/mol. The molecule has 2 aromatic carbocycles. The summed E-state index contributed by atoms with van der Waals surface area (Å²) in [6, 6.07) is 17.8. The van der Waals surface area contributed by atoms with Crippen LogP contribution in [-0.2, 0) is 17.8 Å². The fourth-order valence-electron chi connectivity index (χ4n) is 2.31. The van der Waals surface area contributed by atoms with E-state index in [1.807, 2.05) is 54.6 Å². The number of aromatic nitrogens is 4. The van der Waals surface area contributed by atoms with Gasteiger partial charge in [-0.1, -0.05) is 61.2 Å². The number of nitrogens with one attached hydrogen (secondary N) is 1. The highest BCUT2D eigenvalue weighted by atomic mass is 32.2. The Bertz CT molecular complexity index is 817. The number of nitrogens with zero attached hydrogens (tertiary/aromatic N) is 4. The third-order valence-corrected chi connectivity index (χ3v) is 4.61. The van der Waals surface area contributed by atoms with Crippen LogP contribution in [0.1, 0.15) is 18.1 Å². The van der Waals surface area contributed by atoms with Crippen molar-refractivity contribution < 1.29 is 4.79 Å². The van der Waals surface area contributed by atoms with E-state index in [-0.39, 0.29) is 11.7 Å². The van der Waals surface area contributed by atoms with Crippen LogP contribution in [0.3, 0.4) is 0 Å². The maximum atomic E-state index is 12.1. The molecule has 3 rings (SSSR count). The molecule has 1 heterocycles. The SMILES string of the molecule is CCc1ccc(NC(=O)CSc2nnnn2Cc2ccccc2)cc1. The fraction of sp³-hybridized carbons (Fsp3) is 0.222. The normalized spacial score (nSPS) is 10.6. The van der Waals surface area contributed by atoms with Crippen molar-refractivity contribution in [1.82, 2.24) is 20.2 Å². The van der Waals surface area contributed by atoms with Gasteiger partial charge in [0.1, 0.15) is 0 Å². The number of benzene rings is 2. The number of rotatable bonds is 7. The van der Waals surface area contributed by atoms with E-state index >= 15 is 0 Å². The zero-order valence-electron chi connectivity index (χ0n) is 13.9. The number of carbonyl (C=O) groups is 1. The van der Waals surface area contributed by atoms with Gasteiger partial charge in [0.25, 0.3) is 0 Å². The van der Waals surface area contributed by atoms with Crippen LogP contribution in [0.4, 0.5) is 5.69 Å². The van der Waals surface area contributed by atoms with Crippen molar-refractivity contribution in [3.63, 3.8) is 0 Å². The number of amides is 1. The second kappa shape index (κ2) is 8.43. The van der Waals surface area contributed by atoms with E-state index in [2.05, 4.69) is 27.8 Å². The first-order valence-electron chi connectivity index (χ1n) is 8.06. The van der Waals surface area contributed by atoms with Crippen molar-refractivity contribution in [2.45, 2.75) is 25.0 Å². The summed E-state index contributed by atoms with van der Waals surface area (Å²) in [7, 11) is 0. The van der Waals surface area contributed by atoms with Crippen LogP contribution in [0.2, 0.25) is 0 Å². The van der Waals surface area contributed by atoms with Crippen molar-refractivity contribution in [2.75, 3.05) is 11.1 Å². The van der Waals surface area contributed by atoms with Crippen LogP contribution in [-0.4, -0.2) is 31.9 Å². The van der Waals surface area contributed by atoms with E-state index in [0.717, 1.165) is 17.7 Å². The first-order chi connectivity index (χ1) is 12.2. The lowest BCUT2D eigenvalue weighted by Crippen LogP contribution is -2.15.